The molecule has 2 amide bonds. The molecule has 2 aromatic carbocycles. The molecule has 1 unspecified atom stereocenters. The first kappa shape index (κ1) is 28.3. The van der Waals surface area contributed by atoms with E-state index < -0.39 is 6.04 Å². The molecule has 1 N–H and O–H groups in total. The maximum absolute atomic E-state index is 13.7. The summed E-state index contributed by atoms with van der Waals surface area (Å²) in [7, 11) is 1.57. The highest BCUT2D eigenvalue weighted by Crippen LogP contribution is 2.31. The minimum absolute atomic E-state index is 0.107. The summed E-state index contributed by atoms with van der Waals surface area (Å²) in [6.45, 7) is 2.58. The zero-order valence-corrected chi connectivity index (χ0v) is 23.9. The molecule has 1 aliphatic rings. The second-order valence-electron chi connectivity index (χ2n) is 10.1. The Bertz CT molecular complexity index is 1490. The highest BCUT2D eigenvalue weighted by molar-refractivity contribution is 6.32. The van der Waals surface area contributed by atoms with E-state index in [1.54, 1.807) is 62.8 Å². The SMILES string of the molecule is COc1ccc(-c2nc(-c3ccncc3)nn2CCN(C(=O)C(C)NC(=O)c2ccccc2)C2CCCC2)cc1Cl. The average Bonchev–Trinajstić information content (AvgIpc) is 3.69. The van der Waals surface area contributed by atoms with E-state index in [1.165, 1.54) is 0 Å². The van der Waals surface area contributed by atoms with Crippen molar-refractivity contribution < 1.29 is 14.3 Å². The van der Waals surface area contributed by atoms with Gasteiger partial charge < -0.3 is 15.0 Å². The van der Waals surface area contributed by atoms with Crippen LogP contribution in [0, 0.1) is 0 Å². The van der Waals surface area contributed by atoms with Gasteiger partial charge in [-0.2, -0.15) is 5.10 Å². The number of hydrogen-bond donors (Lipinski definition) is 1. The Morgan fingerprint density at radius 2 is 1.80 bits per heavy atom. The standard InChI is InChI=1S/C31H33ClN6O3/c1-21(34-30(39)23-8-4-3-5-9-23)31(40)37(25-10-6-7-11-25)18-19-38-29(24-12-13-27(41-2)26(32)20-24)35-28(36-38)22-14-16-33-17-15-22/h3-5,8-9,12-17,20-21,25H,6-7,10-11,18-19H2,1-2H3,(H,34,39). The maximum Gasteiger partial charge on any atom is 0.251 e. The van der Waals surface area contributed by atoms with Gasteiger partial charge in [-0.1, -0.05) is 42.6 Å². The number of nitrogens with one attached hydrogen (secondary N) is 1. The number of ether oxygens (including phenoxy) is 1. The van der Waals surface area contributed by atoms with Crippen LogP contribution in [-0.4, -0.2) is 62.2 Å². The smallest absolute Gasteiger partial charge is 0.251 e. The first-order valence-electron chi connectivity index (χ1n) is 13.8. The van der Waals surface area contributed by atoms with Crippen molar-refractivity contribution in [3.05, 3.63) is 83.6 Å². The normalized spacial score (nSPS) is 14.0. The number of methoxy groups -OCH3 is 1. The van der Waals surface area contributed by atoms with Gasteiger partial charge in [-0.15, -0.1) is 0 Å². The number of amides is 2. The summed E-state index contributed by atoms with van der Waals surface area (Å²) < 4.78 is 7.14. The van der Waals surface area contributed by atoms with E-state index in [0.717, 1.165) is 36.8 Å². The molecule has 1 saturated carbocycles. The van der Waals surface area contributed by atoms with E-state index >= 15 is 0 Å². The van der Waals surface area contributed by atoms with Crippen molar-refractivity contribution in [2.45, 2.75) is 51.2 Å². The lowest BCUT2D eigenvalue weighted by atomic mass is 10.1. The van der Waals surface area contributed by atoms with Crippen LogP contribution in [-0.2, 0) is 11.3 Å². The second-order valence-corrected chi connectivity index (χ2v) is 10.5. The van der Waals surface area contributed by atoms with Crippen molar-refractivity contribution in [3.63, 3.8) is 0 Å². The van der Waals surface area contributed by atoms with Crippen molar-refractivity contribution >= 4 is 23.4 Å². The largest absolute Gasteiger partial charge is 0.495 e. The third-order valence-corrected chi connectivity index (χ3v) is 7.67. The molecule has 41 heavy (non-hydrogen) atoms. The van der Waals surface area contributed by atoms with Crippen LogP contribution < -0.4 is 10.1 Å². The molecule has 0 spiro atoms. The number of benzene rings is 2. The van der Waals surface area contributed by atoms with Crippen LogP contribution in [0.15, 0.2) is 73.1 Å². The van der Waals surface area contributed by atoms with E-state index in [9.17, 15) is 9.59 Å². The van der Waals surface area contributed by atoms with Gasteiger partial charge in [0.25, 0.3) is 5.91 Å². The summed E-state index contributed by atoms with van der Waals surface area (Å²) in [5.41, 5.74) is 2.14. The number of carbonyl (C=O) groups excluding carboxylic acids is 2. The molecule has 0 radical (unpaired) electrons. The summed E-state index contributed by atoms with van der Waals surface area (Å²) >= 11 is 6.45. The van der Waals surface area contributed by atoms with Gasteiger partial charge in [0.2, 0.25) is 5.91 Å². The molecule has 2 aromatic heterocycles. The van der Waals surface area contributed by atoms with E-state index in [2.05, 4.69) is 10.3 Å². The monoisotopic (exact) mass is 572 g/mol. The molecule has 10 heteroatoms. The fourth-order valence-electron chi connectivity index (χ4n) is 5.21. The Kier molecular flexibility index (Phi) is 8.94. The lowest BCUT2D eigenvalue weighted by Gasteiger charge is -2.31. The quantitative estimate of drug-likeness (QED) is 0.278. The van der Waals surface area contributed by atoms with E-state index in [4.69, 9.17) is 26.4 Å². The molecule has 0 bridgehead atoms. The summed E-state index contributed by atoms with van der Waals surface area (Å²) in [4.78, 5) is 37.4. The Hall–Kier alpha value is -4.24. The number of rotatable bonds is 10. The van der Waals surface area contributed by atoms with Crippen molar-refractivity contribution in [3.8, 4) is 28.5 Å². The zero-order chi connectivity index (χ0) is 28.8. The Balaban J connectivity index is 1.40. The number of nitrogens with zero attached hydrogens (tertiary/aromatic N) is 5. The maximum atomic E-state index is 13.7. The molecule has 9 nitrogen and oxygen atoms in total. The zero-order valence-electron chi connectivity index (χ0n) is 23.2. The summed E-state index contributed by atoms with van der Waals surface area (Å²) in [6.07, 6.45) is 7.42. The molecular weight excluding hydrogens is 540 g/mol. The lowest BCUT2D eigenvalue weighted by Crippen LogP contribution is -2.51. The fourth-order valence-corrected chi connectivity index (χ4v) is 5.47. The summed E-state index contributed by atoms with van der Waals surface area (Å²) in [5, 5.41) is 8.16. The van der Waals surface area contributed by atoms with E-state index in [0.29, 0.717) is 41.1 Å². The molecule has 212 valence electrons. The van der Waals surface area contributed by atoms with Crippen molar-refractivity contribution in [1.29, 1.82) is 0 Å². The molecule has 4 aromatic rings. The van der Waals surface area contributed by atoms with Crippen LogP contribution in [0.4, 0.5) is 0 Å². The van der Waals surface area contributed by atoms with Gasteiger partial charge in [-0.05, 0) is 62.2 Å². The molecule has 0 aliphatic heterocycles. The number of pyridine rings is 1. The Labute approximate surface area is 244 Å². The van der Waals surface area contributed by atoms with Crippen molar-refractivity contribution in [2.24, 2.45) is 0 Å². The van der Waals surface area contributed by atoms with Crippen LogP contribution in [0.2, 0.25) is 5.02 Å². The van der Waals surface area contributed by atoms with E-state index in [-0.39, 0.29) is 17.9 Å². The van der Waals surface area contributed by atoms with Crippen molar-refractivity contribution in [1.82, 2.24) is 30.0 Å². The molecule has 0 saturated heterocycles. The lowest BCUT2D eigenvalue weighted by molar-refractivity contribution is -0.135. The van der Waals surface area contributed by atoms with Crippen LogP contribution in [0.1, 0.15) is 43.0 Å². The molecule has 2 heterocycles. The molecule has 1 atom stereocenters. The van der Waals surface area contributed by atoms with Crippen LogP contribution in [0.3, 0.4) is 0 Å². The van der Waals surface area contributed by atoms with Gasteiger partial charge >= 0.3 is 0 Å². The molecule has 1 fully saturated rings. The van der Waals surface area contributed by atoms with Gasteiger partial charge in [-0.25, -0.2) is 9.67 Å². The van der Waals surface area contributed by atoms with Crippen LogP contribution in [0.25, 0.3) is 22.8 Å². The topological polar surface area (TPSA) is 102 Å². The Morgan fingerprint density at radius 1 is 1.07 bits per heavy atom. The molecular formula is C31H33ClN6O3. The van der Waals surface area contributed by atoms with Gasteiger partial charge in [0, 0.05) is 41.7 Å². The van der Waals surface area contributed by atoms with E-state index in [1.807, 2.05) is 33.8 Å². The summed E-state index contributed by atoms with van der Waals surface area (Å²) in [6, 6.07) is 17.6. The van der Waals surface area contributed by atoms with Crippen molar-refractivity contribution in [2.75, 3.05) is 13.7 Å². The Morgan fingerprint density at radius 3 is 2.49 bits per heavy atom. The van der Waals surface area contributed by atoms with Gasteiger partial charge in [0.15, 0.2) is 11.6 Å². The van der Waals surface area contributed by atoms with Crippen LogP contribution in [0.5, 0.6) is 5.75 Å². The summed E-state index contributed by atoms with van der Waals surface area (Å²) in [5.74, 6) is 1.38. The third-order valence-electron chi connectivity index (χ3n) is 7.38. The predicted molar refractivity (Wildman–Crippen MR) is 158 cm³/mol. The average molecular weight is 573 g/mol. The molecule has 5 rings (SSSR count). The van der Waals surface area contributed by atoms with Gasteiger partial charge in [0.1, 0.15) is 11.8 Å². The second kappa shape index (κ2) is 13.0. The number of hydrogen-bond acceptors (Lipinski definition) is 6. The fraction of sp³-hybridized carbons (Fsp3) is 0.323. The first-order chi connectivity index (χ1) is 19.9. The highest BCUT2D eigenvalue weighted by atomic mass is 35.5. The number of halogens is 1. The minimum Gasteiger partial charge on any atom is -0.495 e. The van der Waals surface area contributed by atoms with Gasteiger partial charge in [-0.3, -0.25) is 14.6 Å². The first-order valence-corrected chi connectivity index (χ1v) is 14.2. The predicted octanol–water partition coefficient (Wildman–Crippen LogP) is 5.26. The molecule has 1 aliphatic carbocycles. The number of aromatic nitrogens is 4. The third kappa shape index (κ3) is 6.57. The minimum atomic E-state index is -0.675. The number of carbonyl (C=O) groups is 2. The van der Waals surface area contributed by atoms with Crippen LogP contribution >= 0.6 is 11.6 Å². The van der Waals surface area contributed by atoms with Gasteiger partial charge in [0.05, 0.1) is 18.7 Å². The highest BCUT2D eigenvalue weighted by Gasteiger charge is 2.30.